The number of unbranched alkanes of at least 4 members (excludes halogenated alkanes) is 1. The van der Waals surface area contributed by atoms with Crippen molar-refractivity contribution in [1.29, 1.82) is 0 Å². The summed E-state index contributed by atoms with van der Waals surface area (Å²) in [5.41, 5.74) is 7.91. The van der Waals surface area contributed by atoms with Crippen LogP contribution in [0.15, 0.2) is 22.9 Å². The molecule has 0 radical (unpaired) electrons. The molecule has 19 heavy (non-hydrogen) atoms. The predicted octanol–water partition coefficient (Wildman–Crippen LogP) is 2.88. The predicted molar refractivity (Wildman–Crippen MR) is 73.4 cm³/mol. The maximum Gasteiger partial charge on any atom is 0.243 e. The molecule has 0 fully saturated rings. The lowest BCUT2D eigenvalue weighted by atomic mass is 10.1. The number of aryl methyl sites for hydroxylation is 1. The van der Waals surface area contributed by atoms with E-state index in [9.17, 15) is 0 Å². The molecule has 0 amide bonds. The number of pyridine rings is 1. The van der Waals surface area contributed by atoms with E-state index in [2.05, 4.69) is 29.0 Å². The summed E-state index contributed by atoms with van der Waals surface area (Å²) in [5, 5.41) is 4.00. The summed E-state index contributed by atoms with van der Waals surface area (Å²) < 4.78 is 5.25. The van der Waals surface area contributed by atoms with Gasteiger partial charge in [-0.05, 0) is 24.5 Å². The van der Waals surface area contributed by atoms with E-state index < -0.39 is 0 Å². The molecule has 5 nitrogen and oxygen atoms in total. The molecule has 0 unspecified atom stereocenters. The van der Waals surface area contributed by atoms with Crippen LogP contribution < -0.4 is 5.73 Å². The van der Waals surface area contributed by atoms with E-state index in [1.54, 1.807) is 6.20 Å². The molecule has 2 N–H and O–H groups in total. The van der Waals surface area contributed by atoms with Gasteiger partial charge in [0.1, 0.15) is 5.69 Å². The van der Waals surface area contributed by atoms with Crippen LogP contribution in [0.1, 0.15) is 50.6 Å². The highest BCUT2D eigenvalue weighted by atomic mass is 16.5. The van der Waals surface area contributed by atoms with Crippen molar-refractivity contribution in [1.82, 2.24) is 15.1 Å². The second-order valence-electron chi connectivity index (χ2n) is 4.57. The minimum absolute atomic E-state index is 0.185. The number of nitrogens with zero attached hydrogens (tertiary/aromatic N) is 3. The molecule has 0 bridgehead atoms. The lowest BCUT2D eigenvalue weighted by Crippen LogP contribution is -2.10. The van der Waals surface area contributed by atoms with Crippen LogP contribution >= 0.6 is 0 Å². The first-order chi connectivity index (χ1) is 9.26. The zero-order valence-corrected chi connectivity index (χ0v) is 11.5. The number of aromatic nitrogens is 3. The Balaban J connectivity index is 2.20. The second kappa shape index (κ2) is 6.43. The Morgan fingerprint density at radius 2 is 2.21 bits per heavy atom. The Bertz CT molecular complexity index is 524. The van der Waals surface area contributed by atoms with E-state index in [1.165, 1.54) is 0 Å². The highest BCUT2D eigenvalue weighted by Crippen LogP contribution is 2.21. The molecule has 0 spiro atoms. The van der Waals surface area contributed by atoms with Crippen molar-refractivity contribution >= 4 is 0 Å². The monoisotopic (exact) mass is 260 g/mol. The number of rotatable bonds is 6. The van der Waals surface area contributed by atoms with Gasteiger partial charge in [-0.1, -0.05) is 37.9 Å². The van der Waals surface area contributed by atoms with Crippen LogP contribution in [0.2, 0.25) is 0 Å². The Kier molecular flexibility index (Phi) is 4.63. The SMILES string of the molecule is CCCC[C@H](N)c1nc(-c2ncccc2CC)no1. The van der Waals surface area contributed by atoms with Crippen LogP contribution in [-0.4, -0.2) is 15.1 Å². The average Bonchev–Trinajstić information content (AvgIpc) is 2.94. The molecular weight excluding hydrogens is 240 g/mol. The van der Waals surface area contributed by atoms with Crippen molar-refractivity contribution in [3.8, 4) is 11.5 Å². The van der Waals surface area contributed by atoms with Crippen LogP contribution in [0, 0.1) is 0 Å². The van der Waals surface area contributed by atoms with Crippen LogP contribution in [0.3, 0.4) is 0 Å². The van der Waals surface area contributed by atoms with Gasteiger partial charge in [0.05, 0.1) is 6.04 Å². The summed E-state index contributed by atoms with van der Waals surface area (Å²) in [5.74, 6) is 1.02. The Labute approximate surface area is 113 Å². The first-order valence-electron chi connectivity index (χ1n) is 6.79. The molecule has 0 aromatic carbocycles. The van der Waals surface area contributed by atoms with Gasteiger partial charge in [-0.3, -0.25) is 4.98 Å². The summed E-state index contributed by atoms with van der Waals surface area (Å²) in [6.45, 7) is 4.21. The normalized spacial score (nSPS) is 12.6. The van der Waals surface area contributed by atoms with Gasteiger partial charge in [-0.2, -0.15) is 4.98 Å². The highest BCUT2D eigenvalue weighted by Gasteiger charge is 2.17. The molecule has 0 aliphatic carbocycles. The third-order valence-corrected chi connectivity index (χ3v) is 3.11. The quantitative estimate of drug-likeness (QED) is 0.864. The number of nitrogens with two attached hydrogens (primary N) is 1. The first-order valence-corrected chi connectivity index (χ1v) is 6.79. The standard InChI is InChI=1S/C14H20N4O/c1-3-5-8-11(15)14-17-13(18-19-14)12-10(4-2)7-6-9-16-12/h6-7,9,11H,3-5,8,15H2,1-2H3/t11-/m0/s1. The highest BCUT2D eigenvalue weighted by molar-refractivity contribution is 5.53. The van der Waals surface area contributed by atoms with Gasteiger partial charge in [0, 0.05) is 6.20 Å². The maximum atomic E-state index is 6.03. The third-order valence-electron chi connectivity index (χ3n) is 3.11. The average molecular weight is 260 g/mol. The van der Waals surface area contributed by atoms with E-state index in [0.717, 1.165) is 36.9 Å². The summed E-state index contributed by atoms with van der Waals surface area (Å²) in [7, 11) is 0. The van der Waals surface area contributed by atoms with Gasteiger partial charge >= 0.3 is 0 Å². The van der Waals surface area contributed by atoms with Crippen LogP contribution in [0.4, 0.5) is 0 Å². The molecule has 5 heteroatoms. The summed E-state index contributed by atoms with van der Waals surface area (Å²) >= 11 is 0. The fourth-order valence-corrected chi connectivity index (χ4v) is 1.95. The Morgan fingerprint density at radius 3 is 2.95 bits per heavy atom. The van der Waals surface area contributed by atoms with Crippen molar-refractivity contribution in [2.45, 2.75) is 45.6 Å². The molecule has 2 rings (SSSR count). The van der Waals surface area contributed by atoms with Gasteiger partial charge in [0.15, 0.2) is 0 Å². The van der Waals surface area contributed by atoms with Gasteiger partial charge in [0.2, 0.25) is 11.7 Å². The molecule has 2 aromatic rings. The lowest BCUT2D eigenvalue weighted by Gasteiger charge is -2.04. The molecular formula is C14H20N4O. The minimum Gasteiger partial charge on any atom is -0.337 e. The zero-order valence-electron chi connectivity index (χ0n) is 11.5. The largest absolute Gasteiger partial charge is 0.337 e. The van der Waals surface area contributed by atoms with E-state index in [-0.39, 0.29) is 6.04 Å². The van der Waals surface area contributed by atoms with Gasteiger partial charge < -0.3 is 10.3 Å². The van der Waals surface area contributed by atoms with Crippen molar-refractivity contribution in [3.63, 3.8) is 0 Å². The Morgan fingerprint density at radius 1 is 1.37 bits per heavy atom. The van der Waals surface area contributed by atoms with Crippen molar-refractivity contribution in [2.75, 3.05) is 0 Å². The first kappa shape index (κ1) is 13.7. The minimum atomic E-state index is -0.185. The van der Waals surface area contributed by atoms with Crippen molar-refractivity contribution in [3.05, 3.63) is 29.8 Å². The van der Waals surface area contributed by atoms with Crippen LogP contribution in [-0.2, 0) is 6.42 Å². The third kappa shape index (κ3) is 3.17. The maximum absolute atomic E-state index is 6.03. The molecule has 0 saturated carbocycles. The number of hydrogen-bond acceptors (Lipinski definition) is 5. The smallest absolute Gasteiger partial charge is 0.243 e. The molecule has 0 aliphatic heterocycles. The van der Waals surface area contributed by atoms with E-state index >= 15 is 0 Å². The van der Waals surface area contributed by atoms with Crippen LogP contribution in [0.25, 0.3) is 11.5 Å². The van der Waals surface area contributed by atoms with Gasteiger partial charge in [-0.15, -0.1) is 0 Å². The molecule has 1 atom stereocenters. The summed E-state index contributed by atoms with van der Waals surface area (Å²) in [6, 6.07) is 3.75. The topological polar surface area (TPSA) is 77.8 Å². The Hall–Kier alpha value is -1.75. The van der Waals surface area contributed by atoms with Crippen LogP contribution in [0.5, 0.6) is 0 Å². The molecule has 0 saturated heterocycles. The summed E-state index contributed by atoms with van der Waals surface area (Å²) in [6.07, 6.45) is 5.65. The van der Waals surface area contributed by atoms with E-state index in [4.69, 9.17) is 10.3 Å². The summed E-state index contributed by atoms with van der Waals surface area (Å²) in [4.78, 5) is 8.71. The van der Waals surface area contributed by atoms with Gasteiger partial charge in [0.25, 0.3) is 0 Å². The number of hydrogen-bond donors (Lipinski definition) is 1. The molecule has 2 heterocycles. The van der Waals surface area contributed by atoms with E-state index in [1.807, 2.05) is 12.1 Å². The van der Waals surface area contributed by atoms with E-state index in [0.29, 0.717) is 11.7 Å². The van der Waals surface area contributed by atoms with Crippen molar-refractivity contribution in [2.24, 2.45) is 5.73 Å². The lowest BCUT2D eigenvalue weighted by molar-refractivity contribution is 0.346. The molecule has 2 aromatic heterocycles. The molecule has 102 valence electrons. The fraction of sp³-hybridized carbons (Fsp3) is 0.500. The fourth-order valence-electron chi connectivity index (χ4n) is 1.95. The van der Waals surface area contributed by atoms with Gasteiger partial charge in [-0.25, -0.2) is 0 Å². The second-order valence-corrected chi connectivity index (χ2v) is 4.57. The van der Waals surface area contributed by atoms with Crippen molar-refractivity contribution < 1.29 is 4.52 Å². The molecule has 0 aliphatic rings. The zero-order chi connectivity index (χ0) is 13.7.